The number of ketones is 1. The van der Waals surface area contributed by atoms with Crippen molar-refractivity contribution in [2.24, 2.45) is 11.3 Å². The largest absolute Gasteiger partial charge is 0.366 e. The summed E-state index contributed by atoms with van der Waals surface area (Å²) in [5.74, 6) is 0.955. The molecule has 12 heavy (non-hydrogen) atoms. The summed E-state index contributed by atoms with van der Waals surface area (Å²) in [5, 5.41) is 0. The van der Waals surface area contributed by atoms with E-state index in [1.807, 2.05) is 0 Å². The van der Waals surface area contributed by atoms with Crippen LogP contribution in [0.4, 0.5) is 0 Å². The molecule has 0 aromatic rings. The minimum atomic E-state index is -0.299. The molecule has 0 unspecified atom stereocenters. The first-order valence-electron chi connectivity index (χ1n) is 4.86. The molecule has 0 radical (unpaired) electrons. The summed E-state index contributed by atoms with van der Waals surface area (Å²) in [7, 11) is 0. The first kappa shape index (κ1) is 7.07. The van der Waals surface area contributed by atoms with Gasteiger partial charge in [-0.05, 0) is 25.2 Å². The summed E-state index contributed by atoms with van der Waals surface area (Å²) in [6.07, 6.45) is 4.28. The molecule has 1 aliphatic heterocycles. The van der Waals surface area contributed by atoms with Gasteiger partial charge in [0.15, 0.2) is 5.78 Å². The Morgan fingerprint density at radius 3 is 2.75 bits per heavy atom. The van der Waals surface area contributed by atoms with E-state index in [-0.39, 0.29) is 11.0 Å². The third kappa shape index (κ3) is 0.535. The van der Waals surface area contributed by atoms with Crippen LogP contribution in [-0.4, -0.2) is 18.0 Å². The highest BCUT2D eigenvalue weighted by Crippen LogP contribution is 2.64. The molecule has 0 bridgehead atoms. The molecule has 66 valence electrons. The molecule has 3 aliphatic rings. The molecule has 2 saturated carbocycles. The lowest BCUT2D eigenvalue weighted by Gasteiger charge is -2.50. The zero-order chi connectivity index (χ0) is 8.40. The maximum absolute atomic E-state index is 11.6. The van der Waals surface area contributed by atoms with Crippen LogP contribution < -0.4 is 0 Å². The standard InChI is InChI=1S/C10H14O2/c1-9-4-5-12-10(9,7-2-3-7)8(11)6-9/h7H,2-6H2,1H3/t9-,10+/m0/s1. The molecule has 0 spiro atoms. The predicted octanol–water partition coefficient (Wildman–Crippen LogP) is 1.53. The number of ether oxygens (including phenoxy) is 1. The Kier molecular flexibility index (Phi) is 1.04. The second-order valence-electron chi connectivity index (χ2n) is 4.77. The van der Waals surface area contributed by atoms with Crippen LogP contribution in [0.25, 0.3) is 0 Å². The van der Waals surface area contributed by atoms with Crippen molar-refractivity contribution in [2.75, 3.05) is 6.61 Å². The smallest absolute Gasteiger partial charge is 0.166 e. The van der Waals surface area contributed by atoms with Gasteiger partial charge >= 0.3 is 0 Å². The first-order valence-corrected chi connectivity index (χ1v) is 4.86. The Labute approximate surface area is 72.3 Å². The quantitative estimate of drug-likeness (QED) is 0.590. The molecule has 2 heteroatoms. The Hall–Kier alpha value is -0.370. The highest BCUT2D eigenvalue weighted by atomic mass is 16.5. The van der Waals surface area contributed by atoms with Crippen LogP contribution in [-0.2, 0) is 9.53 Å². The zero-order valence-electron chi connectivity index (χ0n) is 7.43. The molecule has 0 amide bonds. The molecule has 2 nitrogen and oxygen atoms in total. The summed E-state index contributed by atoms with van der Waals surface area (Å²) in [6, 6.07) is 0. The first-order chi connectivity index (χ1) is 5.69. The molecule has 2 aliphatic carbocycles. The van der Waals surface area contributed by atoms with Gasteiger partial charge in [0.05, 0.1) is 0 Å². The summed E-state index contributed by atoms with van der Waals surface area (Å²) >= 11 is 0. The average molecular weight is 166 g/mol. The number of hydrogen-bond donors (Lipinski definition) is 0. The summed E-state index contributed by atoms with van der Waals surface area (Å²) in [5.41, 5.74) is -0.0851. The summed E-state index contributed by atoms with van der Waals surface area (Å²) in [4.78, 5) is 11.6. The second kappa shape index (κ2) is 1.77. The van der Waals surface area contributed by atoms with Gasteiger partial charge in [-0.3, -0.25) is 4.79 Å². The molecule has 3 fully saturated rings. The molecule has 1 saturated heterocycles. The van der Waals surface area contributed by atoms with Gasteiger partial charge in [0.2, 0.25) is 0 Å². The third-order valence-electron chi connectivity index (χ3n) is 4.00. The van der Waals surface area contributed by atoms with E-state index in [0.717, 1.165) is 19.4 Å². The van der Waals surface area contributed by atoms with Crippen molar-refractivity contribution in [1.29, 1.82) is 0 Å². The fourth-order valence-electron chi connectivity index (χ4n) is 3.14. The summed E-state index contributed by atoms with van der Waals surface area (Å²) in [6.45, 7) is 3.03. The van der Waals surface area contributed by atoms with Crippen molar-refractivity contribution in [2.45, 2.75) is 38.2 Å². The topological polar surface area (TPSA) is 26.3 Å². The van der Waals surface area contributed by atoms with Crippen molar-refractivity contribution in [3.05, 3.63) is 0 Å². The van der Waals surface area contributed by atoms with E-state index in [1.165, 1.54) is 12.8 Å². The molecule has 1 heterocycles. The van der Waals surface area contributed by atoms with Gasteiger partial charge < -0.3 is 4.74 Å². The Morgan fingerprint density at radius 1 is 1.50 bits per heavy atom. The number of Topliss-reactive ketones (excluding diaryl/α,β-unsaturated/α-hetero) is 1. The van der Waals surface area contributed by atoms with Crippen LogP contribution >= 0.6 is 0 Å². The molecule has 2 atom stereocenters. The molecular formula is C10H14O2. The minimum absolute atomic E-state index is 0.214. The van der Waals surface area contributed by atoms with Crippen molar-refractivity contribution in [1.82, 2.24) is 0 Å². The fraction of sp³-hybridized carbons (Fsp3) is 0.900. The Balaban J connectivity index is 2.03. The maximum Gasteiger partial charge on any atom is 0.166 e. The zero-order valence-corrected chi connectivity index (χ0v) is 7.43. The van der Waals surface area contributed by atoms with Crippen molar-refractivity contribution < 1.29 is 9.53 Å². The van der Waals surface area contributed by atoms with Crippen molar-refractivity contribution in [3.8, 4) is 0 Å². The minimum Gasteiger partial charge on any atom is -0.366 e. The van der Waals surface area contributed by atoms with Crippen LogP contribution in [0.3, 0.4) is 0 Å². The van der Waals surface area contributed by atoms with E-state index >= 15 is 0 Å². The molecule has 0 aromatic carbocycles. The number of fused-ring (bicyclic) bond motifs is 1. The number of carbonyl (C=O) groups excluding carboxylic acids is 1. The van der Waals surface area contributed by atoms with Gasteiger partial charge in [-0.15, -0.1) is 0 Å². The van der Waals surface area contributed by atoms with Crippen molar-refractivity contribution >= 4 is 5.78 Å². The lowest BCUT2D eigenvalue weighted by Crippen LogP contribution is -2.62. The Morgan fingerprint density at radius 2 is 2.25 bits per heavy atom. The lowest BCUT2D eigenvalue weighted by atomic mass is 9.55. The predicted molar refractivity (Wildman–Crippen MR) is 43.8 cm³/mol. The third-order valence-corrected chi connectivity index (χ3v) is 4.00. The fourth-order valence-corrected chi connectivity index (χ4v) is 3.14. The van der Waals surface area contributed by atoms with E-state index in [0.29, 0.717) is 11.7 Å². The molecule has 0 aromatic heterocycles. The summed E-state index contributed by atoms with van der Waals surface area (Å²) < 4.78 is 5.73. The van der Waals surface area contributed by atoms with Crippen LogP contribution in [0.5, 0.6) is 0 Å². The highest BCUT2D eigenvalue weighted by molar-refractivity contribution is 5.97. The molecular weight excluding hydrogens is 152 g/mol. The number of rotatable bonds is 1. The van der Waals surface area contributed by atoms with Gasteiger partial charge in [0.1, 0.15) is 5.60 Å². The highest BCUT2D eigenvalue weighted by Gasteiger charge is 2.72. The van der Waals surface area contributed by atoms with E-state index in [9.17, 15) is 4.79 Å². The van der Waals surface area contributed by atoms with Gasteiger partial charge in [-0.1, -0.05) is 6.92 Å². The van der Waals surface area contributed by atoms with Gasteiger partial charge in [0, 0.05) is 18.4 Å². The molecule has 0 N–H and O–H groups in total. The number of carbonyl (C=O) groups is 1. The second-order valence-corrected chi connectivity index (χ2v) is 4.77. The monoisotopic (exact) mass is 166 g/mol. The van der Waals surface area contributed by atoms with Gasteiger partial charge in [-0.25, -0.2) is 0 Å². The maximum atomic E-state index is 11.6. The Bertz CT molecular complexity index is 257. The average Bonchev–Trinajstić information content (AvgIpc) is 2.77. The van der Waals surface area contributed by atoms with E-state index in [1.54, 1.807) is 0 Å². The normalized spacial score (nSPS) is 51.9. The van der Waals surface area contributed by atoms with E-state index in [4.69, 9.17) is 4.74 Å². The van der Waals surface area contributed by atoms with Gasteiger partial charge in [-0.2, -0.15) is 0 Å². The van der Waals surface area contributed by atoms with Crippen LogP contribution in [0.1, 0.15) is 32.6 Å². The van der Waals surface area contributed by atoms with Crippen LogP contribution in [0.2, 0.25) is 0 Å². The van der Waals surface area contributed by atoms with E-state index < -0.39 is 0 Å². The van der Waals surface area contributed by atoms with Crippen molar-refractivity contribution in [3.63, 3.8) is 0 Å². The van der Waals surface area contributed by atoms with E-state index in [2.05, 4.69) is 6.92 Å². The molecule has 3 rings (SSSR count). The van der Waals surface area contributed by atoms with Crippen LogP contribution in [0, 0.1) is 11.3 Å². The lowest BCUT2D eigenvalue weighted by molar-refractivity contribution is -0.177. The van der Waals surface area contributed by atoms with Crippen LogP contribution in [0.15, 0.2) is 0 Å². The number of hydrogen-bond acceptors (Lipinski definition) is 2. The SMILES string of the molecule is C[C@@]12CCO[C@]1(C1CC1)C(=O)C2. The van der Waals surface area contributed by atoms with Gasteiger partial charge in [0.25, 0.3) is 0 Å².